The Labute approximate surface area is 109 Å². The Morgan fingerprint density at radius 2 is 1.78 bits per heavy atom. The van der Waals surface area contributed by atoms with Crippen LogP contribution in [-0.2, 0) is 16.0 Å². The van der Waals surface area contributed by atoms with Gasteiger partial charge in [-0.2, -0.15) is 0 Å². The zero-order valence-electron chi connectivity index (χ0n) is 11.4. The fourth-order valence-electron chi connectivity index (χ4n) is 2.99. The van der Waals surface area contributed by atoms with Crippen molar-refractivity contribution in [3.05, 3.63) is 35.4 Å². The molecule has 0 N–H and O–H groups in total. The van der Waals surface area contributed by atoms with Crippen molar-refractivity contribution in [3.63, 3.8) is 0 Å². The van der Waals surface area contributed by atoms with E-state index in [-0.39, 0.29) is 11.4 Å². The van der Waals surface area contributed by atoms with Gasteiger partial charge in [0.05, 0.1) is 12.5 Å². The zero-order valence-corrected chi connectivity index (χ0v) is 11.4. The molecule has 0 saturated heterocycles. The number of hydrogen-bond acceptors (Lipinski definition) is 2. The second-order valence-electron chi connectivity index (χ2n) is 5.49. The van der Waals surface area contributed by atoms with E-state index in [1.807, 2.05) is 0 Å². The van der Waals surface area contributed by atoms with Crippen LogP contribution in [0, 0.1) is 12.3 Å². The molecule has 0 atom stereocenters. The van der Waals surface area contributed by atoms with Gasteiger partial charge in [-0.1, -0.05) is 49.1 Å². The molecule has 1 aromatic rings. The minimum absolute atomic E-state index is 0.0252. The molecule has 2 rings (SSSR count). The quantitative estimate of drug-likeness (QED) is 0.761. The molecule has 1 aromatic carbocycles. The van der Waals surface area contributed by atoms with Gasteiger partial charge >= 0.3 is 5.97 Å². The van der Waals surface area contributed by atoms with Crippen molar-refractivity contribution in [1.29, 1.82) is 0 Å². The third-order valence-corrected chi connectivity index (χ3v) is 4.09. The van der Waals surface area contributed by atoms with Gasteiger partial charge in [0, 0.05) is 0 Å². The maximum atomic E-state index is 12.1. The predicted octanol–water partition coefficient (Wildman–Crippen LogP) is 3.66. The normalized spacial score (nSPS) is 18.3. The van der Waals surface area contributed by atoms with Crippen LogP contribution < -0.4 is 0 Å². The second kappa shape index (κ2) is 5.55. The Morgan fingerprint density at radius 3 is 2.33 bits per heavy atom. The summed E-state index contributed by atoms with van der Waals surface area (Å²) in [5, 5.41) is 0. The molecule has 0 aromatic heterocycles. The van der Waals surface area contributed by atoms with Crippen molar-refractivity contribution in [2.45, 2.75) is 45.4 Å². The first kappa shape index (κ1) is 13.1. The number of benzene rings is 1. The molecular weight excluding hydrogens is 224 g/mol. The topological polar surface area (TPSA) is 26.3 Å². The van der Waals surface area contributed by atoms with Crippen LogP contribution in [-0.4, -0.2) is 13.1 Å². The number of carbonyl (C=O) groups is 1. The number of carbonyl (C=O) groups excluding carboxylic acids is 1. The van der Waals surface area contributed by atoms with Gasteiger partial charge in [-0.25, -0.2) is 0 Å². The van der Waals surface area contributed by atoms with Crippen molar-refractivity contribution in [2.75, 3.05) is 7.11 Å². The second-order valence-corrected chi connectivity index (χ2v) is 5.49. The van der Waals surface area contributed by atoms with Gasteiger partial charge in [0.2, 0.25) is 0 Å². The highest BCUT2D eigenvalue weighted by molar-refractivity contribution is 5.77. The van der Waals surface area contributed by atoms with Gasteiger partial charge in [-0.3, -0.25) is 4.79 Å². The molecule has 0 spiro atoms. The van der Waals surface area contributed by atoms with E-state index in [0.29, 0.717) is 0 Å². The molecule has 18 heavy (non-hydrogen) atoms. The van der Waals surface area contributed by atoms with Gasteiger partial charge in [0.25, 0.3) is 0 Å². The summed E-state index contributed by atoms with van der Waals surface area (Å²) in [7, 11) is 1.51. The molecule has 1 fully saturated rings. The molecule has 0 aliphatic heterocycles. The monoisotopic (exact) mass is 246 g/mol. The lowest BCUT2D eigenvalue weighted by atomic mass is 9.70. The van der Waals surface area contributed by atoms with Crippen LogP contribution in [0.5, 0.6) is 0 Å². The van der Waals surface area contributed by atoms with E-state index in [2.05, 4.69) is 31.2 Å². The third-order valence-electron chi connectivity index (χ3n) is 4.09. The van der Waals surface area contributed by atoms with Gasteiger partial charge in [0.15, 0.2) is 0 Å². The molecule has 0 unspecified atom stereocenters. The van der Waals surface area contributed by atoms with Crippen LogP contribution in [0.1, 0.15) is 43.2 Å². The minimum atomic E-state index is -0.276. The number of methoxy groups -OCH3 is 1. The summed E-state index contributed by atoms with van der Waals surface area (Å²) in [6, 6.07) is 8.50. The summed E-state index contributed by atoms with van der Waals surface area (Å²) < 4.78 is 5.05. The Kier molecular flexibility index (Phi) is 4.05. The van der Waals surface area contributed by atoms with E-state index in [1.54, 1.807) is 0 Å². The largest absolute Gasteiger partial charge is 0.469 e. The molecule has 1 aliphatic carbocycles. The average Bonchev–Trinajstić information content (AvgIpc) is 2.41. The summed E-state index contributed by atoms with van der Waals surface area (Å²) in [5.74, 6) is -0.0252. The molecule has 98 valence electrons. The SMILES string of the molecule is COC(=O)C1(Cc2ccc(C)cc2)CCCCC1. The molecule has 1 aliphatic rings. The summed E-state index contributed by atoms with van der Waals surface area (Å²) in [6.45, 7) is 2.08. The Hall–Kier alpha value is -1.31. The average molecular weight is 246 g/mol. The Bertz CT molecular complexity index is 400. The molecule has 0 radical (unpaired) electrons. The van der Waals surface area contributed by atoms with Gasteiger partial charge in [-0.05, 0) is 31.7 Å². The van der Waals surface area contributed by atoms with Crippen LogP contribution >= 0.6 is 0 Å². The molecule has 1 saturated carbocycles. The lowest BCUT2D eigenvalue weighted by Gasteiger charge is -2.34. The molecule has 0 heterocycles. The first-order valence-corrected chi connectivity index (χ1v) is 6.80. The van der Waals surface area contributed by atoms with E-state index in [4.69, 9.17) is 4.74 Å². The highest BCUT2D eigenvalue weighted by Gasteiger charge is 2.40. The highest BCUT2D eigenvalue weighted by atomic mass is 16.5. The van der Waals surface area contributed by atoms with Crippen LogP contribution in [0.25, 0.3) is 0 Å². The fourth-order valence-corrected chi connectivity index (χ4v) is 2.99. The standard InChI is InChI=1S/C16H22O2/c1-13-6-8-14(9-7-13)12-16(15(17)18-2)10-4-3-5-11-16/h6-9H,3-5,10-12H2,1-2H3. The number of ether oxygens (including phenoxy) is 1. The first-order chi connectivity index (χ1) is 8.66. The van der Waals surface area contributed by atoms with Crippen molar-refractivity contribution >= 4 is 5.97 Å². The van der Waals surface area contributed by atoms with E-state index >= 15 is 0 Å². The number of hydrogen-bond donors (Lipinski definition) is 0. The van der Waals surface area contributed by atoms with Crippen molar-refractivity contribution in [3.8, 4) is 0 Å². The van der Waals surface area contributed by atoms with E-state index in [1.165, 1.54) is 24.7 Å². The van der Waals surface area contributed by atoms with Crippen LogP contribution in [0.4, 0.5) is 0 Å². The summed E-state index contributed by atoms with van der Waals surface area (Å²) in [6.07, 6.45) is 6.27. The molecule has 2 nitrogen and oxygen atoms in total. The van der Waals surface area contributed by atoms with Crippen molar-refractivity contribution < 1.29 is 9.53 Å². The highest BCUT2D eigenvalue weighted by Crippen LogP contribution is 2.40. The summed E-state index contributed by atoms with van der Waals surface area (Å²) in [5.41, 5.74) is 2.23. The summed E-state index contributed by atoms with van der Waals surface area (Å²) >= 11 is 0. The first-order valence-electron chi connectivity index (χ1n) is 6.80. The van der Waals surface area contributed by atoms with Crippen molar-refractivity contribution in [1.82, 2.24) is 0 Å². The van der Waals surface area contributed by atoms with Crippen LogP contribution in [0.15, 0.2) is 24.3 Å². The fraction of sp³-hybridized carbons (Fsp3) is 0.562. The maximum absolute atomic E-state index is 12.1. The van der Waals surface area contributed by atoms with Crippen molar-refractivity contribution in [2.24, 2.45) is 5.41 Å². The van der Waals surface area contributed by atoms with Gasteiger partial charge < -0.3 is 4.74 Å². The lowest BCUT2D eigenvalue weighted by molar-refractivity contribution is -0.154. The van der Waals surface area contributed by atoms with E-state index in [9.17, 15) is 4.79 Å². The number of esters is 1. The lowest BCUT2D eigenvalue weighted by Crippen LogP contribution is -2.36. The Balaban J connectivity index is 2.19. The van der Waals surface area contributed by atoms with Crippen LogP contribution in [0.3, 0.4) is 0 Å². The number of aryl methyl sites for hydroxylation is 1. The summed E-state index contributed by atoms with van der Waals surface area (Å²) in [4.78, 5) is 12.1. The predicted molar refractivity (Wildman–Crippen MR) is 72.4 cm³/mol. The number of rotatable bonds is 3. The third kappa shape index (κ3) is 2.74. The minimum Gasteiger partial charge on any atom is -0.469 e. The molecule has 2 heteroatoms. The van der Waals surface area contributed by atoms with Gasteiger partial charge in [0.1, 0.15) is 0 Å². The van der Waals surface area contributed by atoms with E-state index in [0.717, 1.165) is 32.1 Å². The maximum Gasteiger partial charge on any atom is 0.312 e. The van der Waals surface area contributed by atoms with Crippen LogP contribution in [0.2, 0.25) is 0 Å². The molecule has 0 bridgehead atoms. The molecular formula is C16H22O2. The Morgan fingerprint density at radius 1 is 1.17 bits per heavy atom. The zero-order chi connectivity index (χ0) is 13.0. The van der Waals surface area contributed by atoms with Gasteiger partial charge in [-0.15, -0.1) is 0 Å². The smallest absolute Gasteiger partial charge is 0.312 e. The van der Waals surface area contributed by atoms with E-state index < -0.39 is 0 Å². The molecule has 0 amide bonds.